The Morgan fingerprint density at radius 2 is 1.47 bits per heavy atom. The van der Waals surface area contributed by atoms with Crippen LogP contribution in [0.1, 0.15) is 42.4 Å². The van der Waals surface area contributed by atoms with Crippen molar-refractivity contribution in [1.29, 1.82) is 0 Å². The minimum Gasteiger partial charge on any atom is -0.352 e. The Morgan fingerprint density at radius 1 is 0.853 bits per heavy atom. The predicted octanol–water partition coefficient (Wildman–Crippen LogP) is 5.69. The van der Waals surface area contributed by atoms with Gasteiger partial charge in [0.15, 0.2) is 0 Å². The first kappa shape index (κ1) is 24.2. The van der Waals surface area contributed by atoms with E-state index >= 15 is 0 Å². The number of nitrogens with zero attached hydrogens (tertiary/aromatic N) is 1. The van der Waals surface area contributed by atoms with E-state index in [-0.39, 0.29) is 24.3 Å². The fraction of sp³-hybridized carbons (Fsp3) is 0.310. The zero-order valence-corrected chi connectivity index (χ0v) is 20.9. The molecule has 4 rings (SSSR count). The molecule has 2 amide bonds. The van der Waals surface area contributed by atoms with Gasteiger partial charge in [0, 0.05) is 23.5 Å². The van der Waals surface area contributed by atoms with Gasteiger partial charge in [-0.2, -0.15) is 0 Å². The second-order valence-corrected chi connectivity index (χ2v) is 9.93. The standard InChI is InChI=1S/C29H31BrN2O2/c30-25-15-9-14-24(18-25)21-32(28(33)20-23-12-5-2-6-13-23)27(19-22-10-3-1-4-11-22)29(34)31-26-16-7-8-17-26/h1-6,9-15,18,26-27H,7-8,16-17,19-21H2,(H,31,34). The van der Waals surface area contributed by atoms with Gasteiger partial charge >= 0.3 is 0 Å². The lowest BCUT2D eigenvalue weighted by Crippen LogP contribution is -2.52. The van der Waals surface area contributed by atoms with E-state index in [9.17, 15) is 9.59 Å². The fourth-order valence-corrected chi connectivity index (χ4v) is 5.07. The average molecular weight is 519 g/mol. The fourth-order valence-electron chi connectivity index (χ4n) is 4.63. The van der Waals surface area contributed by atoms with Crippen molar-refractivity contribution in [1.82, 2.24) is 10.2 Å². The second kappa shape index (κ2) is 12.0. The Balaban J connectivity index is 1.65. The quantitative estimate of drug-likeness (QED) is 0.395. The smallest absolute Gasteiger partial charge is 0.243 e. The van der Waals surface area contributed by atoms with Gasteiger partial charge in [-0.3, -0.25) is 9.59 Å². The summed E-state index contributed by atoms with van der Waals surface area (Å²) in [6.07, 6.45) is 5.04. The summed E-state index contributed by atoms with van der Waals surface area (Å²) in [7, 11) is 0. The predicted molar refractivity (Wildman–Crippen MR) is 139 cm³/mol. The van der Waals surface area contributed by atoms with Crippen LogP contribution in [0.25, 0.3) is 0 Å². The Labute approximate surface area is 210 Å². The van der Waals surface area contributed by atoms with Crippen molar-refractivity contribution < 1.29 is 9.59 Å². The molecule has 1 aliphatic carbocycles. The van der Waals surface area contributed by atoms with Gasteiger partial charge in [-0.15, -0.1) is 0 Å². The first-order valence-corrected chi connectivity index (χ1v) is 12.8. The van der Waals surface area contributed by atoms with Gasteiger partial charge in [-0.1, -0.05) is 102 Å². The van der Waals surface area contributed by atoms with E-state index in [1.165, 1.54) is 0 Å². The molecule has 34 heavy (non-hydrogen) atoms. The molecule has 0 heterocycles. The molecule has 3 aromatic rings. The molecule has 0 spiro atoms. The van der Waals surface area contributed by atoms with Crippen molar-refractivity contribution in [3.8, 4) is 0 Å². The van der Waals surface area contributed by atoms with Gasteiger partial charge in [0.05, 0.1) is 6.42 Å². The Kier molecular flexibility index (Phi) is 8.53. The van der Waals surface area contributed by atoms with Crippen LogP contribution in [-0.2, 0) is 29.0 Å². The lowest BCUT2D eigenvalue weighted by molar-refractivity contribution is -0.141. The summed E-state index contributed by atoms with van der Waals surface area (Å²) < 4.78 is 0.954. The first-order chi connectivity index (χ1) is 16.6. The molecular weight excluding hydrogens is 488 g/mol. The molecule has 4 nitrogen and oxygen atoms in total. The molecule has 1 aliphatic rings. The molecule has 0 aromatic heterocycles. The van der Waals surface area contributed by atoms with E-state index < -0.39 is 6.04 Å². The lowest BCUT2D eigenvalue weighted by atomic mass is 10.0. The molecule has 1 N–H and O–H groups in total. The Morgan fingerprint density at radius 3 is 2.12 bits per heavy atom. The maximum atomic E-state index is 13.7. The van der Waals surface area contributed by atoms with Crippen LogP contribution in [0.4, 0.5) is 0 Å². The Hall–Kier alpha value is -2.92. The highest BCUT2D eigenvalue weighted by Crippen LogP contribution is 2.21. The van der Waals surface area contributed by atoms with Crippen molar-refractivity contribution in [3.63, 3.8) is 0 Å². The largest absolute Gasteiger partial charge is 0.352 e. The second-order valence-electron chi connectivity index (χ2n) is 9.01. The topological polar surface area (TPSA) is 49.4 Å². The van der Waals surface area contributed by atoms with Crippen LogP contribution < -0.4 is 5.32 Å². The summed E-state index contributed by atoms with van der Waals surface area (Å²) in [6, 6.07) is 27.3. The van der Waals surface area contributed by atoms with E-state index in [1.807, 2.05) is 84.9 Å². The van der Waals surface area contributed by atoms with Crippen molar-refractivity contribution in [2.24, 2.45) is 0 Å². The highest BCUT2D eigenvalue weighted by atomic mass is 79.9. The van der Waals surface area contributed by atoms with E-state index in [0.717, 1.165) is 46.8 Å². The van der Waals surface area contributed by atoms with Gasteiger partial charge in [0.2, 0.25) is 11.8 Å². The highest BCUT2D eigenvalue weighted by Gasteiger charge is 2.32. The maximum absolute atomic E-state index is 13.7. The number of carbonyl (C=O) groups excluding carboxylic acids is 2. The van der Waals surface area contributed by atoms with Gasteiger partial charge < -0.3 is 10.2 Å². The SMILES string of the molecule is O=C(NC1CCCC1)C(Cc1ccccc1)N(Cc1cccc(Br)c1)C(=O)Cc1ccccc1. The summed E-state index contributed by atoms with van der Waals surface area (Å²) in [6.45, 7) is 0.376. The number of nitrogens with one attached hydrogen (secondary N) is 1. The van der Waals surface area contributed by atoms with Crippen LogP contribution in [-0.4, -0.2) is 28.8 Å². The van der Waals surface area contributed by atoms with Crippen LogP contribution in [0.2, 0.25) is 0 Å². The maximum Gasteiger partial charge on any atom is 0.243 e. The molecular formula is C29H31BrN2O2. The normalized spacial score (nSPS) is 14.5. The number of halogens is 1. The lowest BCUT2D eigenvalue weighted by Gasteiger charge is -2.32. The zero-order valence-electron chi connectivity index (χ0n) is 19.3. The zero-order chi connectivity index (χ0) is 23.8. The van der Waals surface area contributed by atoms with Gasteiger partial charge in [0.25, 0.3) is 0 Å². The molecule has 0 bridgehead atoms. The minimum absolute atomic E-state index is 0.0475. The van der Waals surface area contributed by atoms with E-state index in [4.69, 9.17) is 0 Å². The third-order valence-corrected chi connectivity index (χ3v) is 6.91. The number of carbonyl (C=O) groups is 2. The summed E-state index contributed by atoms with van der Waals surface area (Å²) in [5.41, 5.74) is 2.98. The third kappa shape index (κ3) is 6.80. The third-order valence-electron chi connectivity index (χ3n) is 6.41. The molecule has 1 saturated carbocycles. The first-order valence-electron chi connectivity index (χ1n) is 12.0. The monoisotopic (exact) mass is 518 g/mol. The number of rotatable bonds is 9. The summed E-state index contributed by atoms with van der Waals surface area (Å²) in [4.78, 5) is 29.1. The molecule has 3 aromatic carbocycles. The summed E-state index contributed by atoms with van der Waals surface area (Å²) in [5.74, 6) is -0.110. The van der Waals surface area contributed by atoms with Crippen LogP contribution >= 0.6 is 15.9 Å². The van der Waals surface area contributed by atoms with Gasteiger partial charge in [-0.25, -0.2) is 0 Å². The molecule has 1 unspecified atom stereocenters. The van der Waals surface area contributed by atoms with Crippen molar-refractivity contribution in [3.05, 3.63) is 106 Å². The van der Waals surface area contributed by atoms with Crippen LogP contribution in [0, 0.1) is 0 Å². The van der Waals surface area contributed by atoms with Crippen molar-refractivity contribution in [2.45, 2.75) is 57.2 Å². The Bertz CT molecular complexity index is 1080. The van der Waals surface area contributed by atoms with Crippen LogP contribution in [0.15, 0.2) is 89.4 Å². The number of hydrogen-bond donors (Lipinski definition) is 1. The van der Waals surface area contributed by atoms with Crippen LogP contribution in [0.3, 0.4) is 0 Å². The van der Waals surface area contributed by atoms with E-state index in [0.29, 0.717) is 13.0 Å². The van der Waals surface area contributed by atoms with E-state index in [2.05, 4.69) is 21.2 Å². The average Bonchev–Trinajstić information content (AvgIpc) is 3.35. The van der Waals surface area contributed by atoms with Crippen molar-refractivity contribution in [2.75, 3.05) is 0 Å². The minimum atomic E-state index is -0.585. The summed E-state index contributed by atoms with van der Waals surface area (Å²) in [5, 5.41) is 3.25. The molecule has 0 aliphatic heterocycles. The van der Waals surface area contributed by atoms with Crippen LogP contribution in [0.5, 0.6) is 0 Å². The molecule has 0 saturated heterocycles. The summed E-state index contributed by atoms with van der Waals surface area (Å²) >= 11 is 3.54. The number of amides is 2. The number of benzene rings is 3. The molecule has 0 radical (unpaired) electrons. The molecule has 1 fully saturated rings. The molecule has 1 atom stereocenters. The molecule has 176 valence electrons. The number of hydrogen-bond acceptors (Lipinski definition) is 2. The highest BCUT2D eigenvalue weighted by molar-refractivity contribution is 9.10. The van der Waals surface area contributed by atoms with Gasteiger partial charge in [-0.05, 0) is 41.7 Å². The van der Waals surface area contributed by atoms with Crippen molar-refractivity contribution >= 4 is 27.7 Å². The van der Waals surface area contributed by atoms with Gasteiger partial charge in [0.1, 0.15) is 6.04 Å². The molecule has 5 heteroatoms. The van der Waals surface area contributed by atoms with E-state index in [1.54, 1.807) is 4.90 Å².